The van der Waals surface area contributed by atoms with Gasteiger partial charge in [-0.3, -0.25) is 0 Å². The van der Waals surface area contributed by atoms with Crippen molar-refractivity contribution in [1.82, 2.24) is 13.7 Å². The Balaban J connectivity index is 0.000000149. The van der Waals surface area contributed by atoms with E-state index in [0.717, 1.165) is 47.5 Å². The zero-order valence-corrected chi connectivity index (χ0v) is 44.9. The number of hydrogen-bond acceptors (Lipinski definition) is 1. The number of hydrogen-bond donors (Lipinski definition) is 1. The first kappa shape index (κ1) is 50.2. The van der Waals surface area contributed by atoms with E-state index in [1.54, 1.807) is 6.07 Å². The number of fused-ring (bicyclic) bond motifs is 9. The molecule has 0 fully saturated rings. The van der Waals surface area contributed by atoms with Gasteiger partial charge in [0.1, 0.15) is 5.75 Å². The summed E-state index contributed by atoms with van der Waals surface area (Å²) in [6.07, 6.45) is 8.70. The zero-order valence-electron chi connectivity index (χ0n) is 41.7. The van der Waals surface area contributed by atoms with Crippen LogP contribution in [0.4, 0.5) is 0 Å². The summed E-state index contributed by atoms with van der Waals surface area (Å²) in [6.45, 7) is 6.82. The van der Waals surface area contributed by atoms with E-state index in [9.17, 15) is 5.11 Å². The zero-order chi connectivity index (χ0) is 47.9. The largest absolute Gasteiger partial charge is 0.508 e. The van der Waals surface area contributed by atoms with Crippen LogP contribution in [0.3, 0.4) is 0 Å². The molecule has 67 heavy (non-hydrogen) atoms. The molecule has 0 unspecified atom stereocenters. The minimum absolute atomic E-state index is 0.339. The lowest BCUT2D eigenvalue weighted by Gasteiger charge is -2.24. The van der Waals surface area contributed by atoms with Gasteiger partial charge < -0.3 is 32.3 Å². The average Bonchev–Trinajstić information content (AvgIpc) is 3.87. The van der Waals surface area contributed by atoms with Gasteiger partial charge in [-0.05, 0) is 105 Å². The summed E-state index contributed by atoms with van der Waals surface area (Å²) < 4.78 is 12.7. The van der Waals surface area contributed by atoms with Crippen LogP contribution in [-0.4, -0.2) is 115 Å². The van der Waals surface area contributed by atoms with Gasteiger partial charge in [-0.25, -0.2) is 0 Å². The number of aromatic hydroxyl groups is 1. The van der Waals surface area contributed by atoms with Crippen LogP contribution in [0.2, 0.25) is 0 Å². The predicted octanol–water partition coefficient (Wildman–Crippen LogP) is 14.5. The number of aryl methyl sites for hydroxylation is 3. The molecule has 0 spiro atoms. The summed E-state index contributed by atoms with van der Waals surface area (Å²) in [5.74, 6) is 0.339. The minimum Gasteiger partial charge on any atom is -0.508 e. The van der Waals surface area contributed by atoms with E-state index in [2.05, 4.69) is 218 Å². The molecule has 0 amide bonds. The molecule has 0 saturated carbocycles. The highest BCUT2D eigenvalue weighted by Crippen LogP contribution is 2.34. The van der Waals surface area contributed by atoms with Gasteiger partial charge in [0.25, 0.3) is 0 Å². The molecule has 1 N–H and O–H groups in total. The number of rotatable bonds is 16. The fraction of sp³-hybridized carbons (Fsp3) is 0.379. The number of phenols is 1. The summed E-state index contributed by atoms with van der Waals surface area (Å²) in [6, 6.07) is 44.9. The van der Waals surface area contributed by atoms with Crippen LogP contribution in [0, 0.1) is 0 Å². The lowest BCUT2D eigenvalue weighted by atomic mass is 10.1. The Hall–Kier alpha value is -4.64. The van der Waals surface area contributed by atoms with Crippen LogP contribution < -0.4 is 0 Å². The number of aromatic nitrogens is 3. The number of nitrogens with zero attached hydrogens (tertiary/aromatic N) is 6. The van der Waals surface area contributed by atoms with E-state index < -0.39 is 0 Å². The quantitative estimate of drug-likeness (QED) is 0.0760. The second-order valence-corrected chi connectivity index (χ2v) is 23.4. The van der Waals surface area contributed by atoms with Crippen molar-refractivity contribution in [3.63, 3.8) is 0 Å². The Morgan fingerprint density at radius 3 is 1.10 bits per heavy atom. The molecule has 9 aromatic rings. The third-order valence-electron chi connectivity index (χ3n) is 12.9. The topological polar surface area (TPSA) is 35.0 Å². The number of unbranched alkanes of at least 4 members (excludes halogenated alkanes) is 4. The van der Waals surface area contributed by atoms with Crippen molar-refractivity contribution >= 4 is 97.3 Å². The van der Waals surface area contributed by atoms with Crippen LogP contribution in [0.25, 0.3) is 65.4 Å². The lowest BCUT2D eigenvalue weighted by Crippen LogP contribution is -2.35. The van der Waals surface area contributed by atoms with Gasteiger partial charge in [0, 0.05) is 101 Å². The van der Waals surface area contributed by atoms with Crippen molar-refractivity contribution in [1.29, 1.82) is 0 Å². The highest BCUT2D eigenvalue weighted by molar-refractivity contribution is 9.10. The molecule has 9 heteroatoms. The lowest BCUT2D eigenvalue weighted by molar-refractivity contribution is -0.870. The van der Waals surface area contributed by atoms with Crippen LogP contribution in [-0.2, 0) is 19.6 Å². The van der Waals surface area contributed by atoms with Gasteiger partial charge in [0.05, 0.1) is 88.6 Å². The van der Waals surface area contributed by atoms with Crippen molar-refractivity contribution < 1.29 is 18.6 Å². The van der Waals surface area contributed by atoms with Gasteiger partial charge in [-0.15, -0.1) is 0 Å². The van der Waals surface area contributed by atoms with E-state index in [1.807, 2.05) is 12.1 Å². The van der Waals surface area contributed by atoms with Gasteiger partial charge >= 0.3 is 0 Å². The highest BCUT2D eigenvalue weighted by Gasteiger charge is 2.15. The van der Waals surface area contributed by atoms with E-state index in [-0.39, 0.29) is 0 Å². The number of halogens is 2. The third-order valence-corrected chi connectivity index (χ3v) is 13.8. The molecule has 0 aliphatic heterocycles. The first-order valence-corrected chi connectivity index (χ1v) is 25.9. The van der Waals surface area contributed by atoms with Gasteiger partial charge in [-0.2, -0.15) is 0 Å². The summed E-state index contributed by atoms with van der Waals surface area (Å²) in [7, 11) is 20.3. The molecule has 7 nitrogen and oxygen atoms in total. The Morgan fingerprint density at radius 1 is 0.343 bits per heavy atom. The second-order valence-electron chi connectivity index (χ2n) is 21.5. The normalized spacial score (nSPS) is 12.3. The molecule has 354 valence electrons. The standard InChI is InChI=1S/C20H26N2O.C20H27N2.C18H21Br2N2/c1-22(2,3)14-8-4-7-13-21-19-10-6-5-9-17(19)18-12-11-16(23)15-20(18)21;1-22(2,3)16-10-4-9-15-21-19-13-7-5-11-17(19)18-12-6-8-14-20(18)21;1-22(2,3)10-4-9-21-17-7-5-13(19)11-15(17)16-12-14(20)6-8-18(16)21/h5-6,9-12,15H,4,7-8,13-14H2,1-3H3;5-8,11-14H,4,9-10,15-16H2,1-3H3;5-8,11-12H,4,9-10H2,1-3H3/q;2*+1/p+1. The Kier molecular flexibility index (Phi) is 16.3. The Morgan fingerprint density at radius 2 is 0.687 bits per heavy atom. The maximum atomic E-state index is 9.86. The van der Waals surface area contributed by atoms with E-state index in [1.165, 1.54) is 124 Å². The minimum atomic E-state index is 0.339. The smallest absolute Gasteiger partial charge is 0.117 e. The summed E-state index contributed by atoms with van der Waals surface area (Å²) in [5.41, 5.74) is 7.78. The molecular weight excluding hydrogens is 956 g/mol. The summed E-state index contributed by atoms with van der Waals surface area (Å²) in [5, 5.41) is 17.8. The van der Waals surface area contributed by atoms with Crippen molar-refractivity contribution in [3.8, 4) is 5.75 Å². The molecule has 0 saturated heterocycles. The molecule has 9 rings (SSSR count). The van der Waals surface area contributed by atoms with Crippen molar-refractivity contribution in [2.45, 2.75) is 64.6 Å². The summed E-state index contributed by atoms with van der Waals surface area (Å²) >= 11 is 7.20. The maximum Gasteiger partial charge on any atom is 0.117 e. The molecule has 0 aliphatic carbocycles. The fourth-order valence-electron chi connectivity index (χ4n) is 9.58. The fourth-order valence-corrected chi connectivity index (χ4v) is 10.3. The Bertz CT molecular complexity index is 2950. The van der Waals surface area contributed by atoms with Crippen molar-refractivity contribution in [2.75, 3.05) is 83.1 Å². The molecule has 0 bridgehead atoms. The van der Waals surface area contributed by atoms with Crippen molar-refractivity contribution in [3.05, 3.63) is 136 Å². The second kappa shape index (κ2) is 21.8. The highest BCUT2D eigenvalue weighted by atomic mass is 79.9. The third kappa shape index (κ3) is 13.1. The first-order valence-electron chi connectivity index (χ1n) is 24.3. The van der Waals surface area contributed by atoms with E-state index in [4.69, 9.17) is 0 Å². The number of para-hydroxylation sites is 3. The SMILES string of the molecule is C[N+](C)(C)CCCCCn1c2ccccc2c2ccc(O)cc21.C[N+](C)(C)CCCCCn1c2ccccc2c2ccccc21.C[N+](C)(C)CCCn1c2ccc(Br)cc2c2cc(Br)ccc21. The molecule has 0 aliphatic rings. The molecular formula is C58H75Br2N6O+3. The number of phenolic OH excluding ortho intramolecular Hbond substituents is 1. The summed E-state index contributed by atoms with van der Waals surface area (Å²) in [4.78, 5) is 0. The van der Waals surface area contributed by atoms with Gasteiger partial charge in [0.15, 0.2) is 0 Å². The van der Waals surface area contributed by atoms with Crippen LogP contribution in [0.5, 0.6) is 5.75 Å². The van der Waals surface area contributed by atoms with E-state index in [0.29, 0.717) is 5.75 Å². The predicted molar refractivity (Wildman–Crippen MR) is 296 cm³/mol. The van der Waals surface area contributed by atoms with Gasteiger partial charge in [0.2, 0.25) is 0 Å². The Labute approximate surface area is 416 Å². The van der Waals surface area contributed by atoms with Crippen LogP contribution in [0.1, 0.15) is 44.9 Å². The number of benzene rings is 6. The first-order chi connectivity index (χ1) is 31.9. The molecule has 0 atom stereocenters. The molecule has 6 aromatic carbocycles. The van der Waals surface area contributed by atoms with Crippen LogP contribution in [0.15, 0.2) is 136 Å². The average molecular weight is 1030 g/mol. The molecule has 0 radical (unpaired) electrons. The van der Waals surface area contributed by atoms with Crippen molar-refractivity contribution in [2.24, 2.45) is 0 Å². The number of quaternary nitrogens is 3. The molecule has 3 aromatic heterocycles. The molecule has 3 heterocycles. The van der Waals surface area contributed by atoms with Crippen LogP contribution >= 0.6 is 31.9 Å². The maximum absolute atomic E-state index is 9.86. The monoisotopic (exact) mass is 1030 g/mol. The van der Waals surface area contributed by atoms with E-state index >= 15 is 0 Å². The van der Waals surface area contributed by atoms with Gasteiger partial charge in [-0.1, -0.05) is 86.5 Å².